The number of carbonyl (C=O) groups is 1. The van der Waals surface area contributed by atoms with E-state index in [1.54, 1.807) is 6.20 Å². The van der Waals surface area contributed by atoms with E-state index >= 15 is 0 Å². The summed E-state index contributed by atoms with van der Waals surface area (Å²) in [6.07, 6.45) is 1.64. The minimum atomic E-state index is -0.127. The second kappa shape index (κ2) is 7.16. The van der Waals surface area contributed by atoms with Gasteiger partial charge in [0, 0.05) is 5.69 Å². The Morgan fingerprint density at radius 1 is 1.08 bits per heavy atom. The van der Waals surface area contributed by atoms with E-state index in [0.717, 1.165) is 33.8 Å². The maximum atomic E-state index is 12.9. The van der Waals surface area contributed by atoms with Crippen molar-refractivity contribution in [2.45, 2.75) is 40.5 Å². The predicted molar refractivity (Wildman–Crippen MR) is 106 cm³/mol. The third kappa shape index (κ3) is 3.40. The molecule has 0 fully saturated rings. The van der Waals surface area contributed by atoms with Crippen LogP contribution in [0.1, 0.15) is 52.5 Å². The molecule has 134 valence electrons. The van der Waals surface area contributed by atoms with Gasteiger partial charge in [-0.1, -0.05) is 44.2 Å². The molecule has 0 aliphatic carbocycles. The lowest BCUT2D eigenvalue weighted by molar-refractivity contribution is 0.102. The zero-order chi connectivity index (χ0) is 18.8. The molecule has 0 saturated carbocycles. The number of nitrogens with zero attached hydrogens (tertiary/aromatic N) is 2. The lowest BCUT2D eigenvalue weighted by Crippen LogP contribution is -2.15. The molecular formula is C22H25N3O. The molecule has 0 aliphatic rings. The highest BCUT2D eigenvalue weighted by molar-refractivity contribution is 6.05. The Hall–Kier alpha value is -2.88. The Morgan fingerprint density at radius 2 is 1.81 bits per heavy atom. The molecule has 2 aromatic carbocycles. The Balaban J connectivity index is 1.93. The van der Waals surface area contributed by atoms with Gasteiger partial charge in [0.05, 0.1) is 23.1 Å². The van der Waals surface area contributed by atoms with E-state index in [4.69, 9.17) is 0 Å². The molecule has 4 heteroatoms. The fourth-order valence-electron chi connectivity index (χ4n) is 3.18. The summed E-state index contributed by atoms with van der Waals surface area (Å²) in [6, 6.07) is 14.2. The Kier molecular flexibility index (Phi) is 4.94. The van der Waals surface area contributed by atoms with Crippen LogP contribution in [0.15, 0.2) is 48.7 Å². The summed E-state index contributed by atoms with van der Waals surface area (Å²) in [5.41, 5.74) is 6.63. The van der Waals surface area contributed by atoms with Gasteiger partial charge < -0.3 is 5.32 Å². The van der Waals surface area contributed by atoms with E-state index in [9.17, 15) is 4.79 Å². The first-order valence-corrected chi connectivity index (χ1v) is 8.91. The van der Waals surface area contributed by atoms with Crippen LogP contribution in [-0.2, 0) is 0 Å². The number of amides is 1. The molecule has 0 radical (unpaired) electrons. The van der Waals surface area contributed by atoms with E-state index in [0.29, 0.717) is 11.5 Å². The Morgan fingerprint density at radius 3 is 2.50 bits per heavy atom. The molecule has 0 atom stereocenters. The number of hydrogen-bond donors (Lipinski definition) is 1. The van der Waals surface area contributed by atoms with Gasteiger partial charge in [0.1, 0.15) is 0 Å². The first kappa shape index (κ1) is 17.9. The van der Waals surface area contributed by atoms with Gasteiger partial charge in [-0.2, -0.15) is 5.10 Å². The third-order valence-corrected chi connectivity index (χ3v) is 4.67. The van der Waals surface area contributed by atoms with Crippen molar-refractivity contribution in [3.05, 3.63) is 76.6 Å². The van der Waals surface area contributed by atoms with Crippen LogP contribution in [0.3, 0.4) is 0 Å². The predicted octanol–water partition coefficient (Wildman–Crippen LogP) is 5.17. The summed E-state index contributed by atoms with van der Waals surface area (Å²) in [6.45, 7) is 10.2. The van der Waals surface area contributed by atoms with Crippen LogP contribution in [0.4, 0.5) is 5.69 Å². The maximum Gasteiger partial charge on any atom is 0.259 e. The van der Waals surface area contributed by atoms with E-state index in [2.05, 4.69) is 36.4 Å². The van der Waals surface area contributed by atoms with Crippen LogP contribution >= 0.6 is 0 Å². The van der Waals surface area contributed by atoms with Crippen LogP contribution < -0.4 is 5.32 Å². The largest absolute Gasteiger partial charge is 0.321 e. The standard InChI is InChI=1S/C22H25N3O/c1-14(2)19-11-7-9-16(4)21(19)24-22(26)20-13-23-25(17(20)5)18-10-6-8-15(3)12-18/h6-14H,1-5H3,(H,24,26). The SMILES string of the molecule is Cc1cccc(-n2ncc(C(=O)Nc3c(C)cccc3C(C)C)c2C)c1. The fourth-order valence-corrected chi connectivity index (χ4v) is 3.18. The van der Waals surface area contributed by atoms with Crippen LogP contribution in [0.5, 0.6) is 0 Å². The molecule has 0 aliphatic heterocycles. The summed E-state index contributed by atoms with van der Waals surface area (Å²) in [7, 11) is 0. The van der Waals surface area contributed by atoms with Gasteiger partial charge in [-0.15, -0.1) is 0 Å². The average Bonchev–Trinajstić information content (AvgIpc) is 2.98. The first-order chi connectivity index (χ1) is 12.4. The van der Waals surface area contributed by atoms with Crippen LogP contribution in [0.25, 0.3) is 5.69 Å². The number of aromatic nitrogens is 2. The van der Waals surface area contributed by atoms with Crippen LogP contribution in [0.2, 0.25) is 0 Å². The molecule has 0 unspecified atom stereocenters. The first-order valence-electron chi connectivity index (χ1n) is 8.91. The quantitative estimate of drug-likeness (QED) is 0.707. The van der Waals surface area contributed by atoms with E-state index in [1.165, 1.54) is 0 Å². The summed E-state index contributed by atoms with van der Waals surface area (Å²) in [5.74, 6) is 0.207. The van der Waals surface area contributed by atoms with Crippen molar-refractivity contribution in [1.29, 1.82) is 0 Å². The molecule has 3 aromatic rings. The minimum Gasteiger partial charge on any atom is -0.321 e. The van der Waals surface area contributed by atoms with Crippen molar-refractivity contribution in [3.8, 4) is 5.69 Å². The van der Waals surface area contributed by atoms with Gasteiger partial charge in [0.2, 0.25) is 0 Å². The molecule has 3 rings (SSSR count). The smallest absolute Gasteiger partial charge is 0.259 e. The van der Waals surface area contributed by atoms with Crippen molar-refractivity contribution in [3.63, 3.8) is 0 Å². The van der Waals surface area contributed by atoms with Crippen molar-refractivity contribution < 1.29 is 4.79 Å². The number of nitrogens with one attached hydrogen (secondary N) is 1. The van der Waals surface area contributed by atoms with Crippen molar-refractivity contribution >= 4 is 11.6 Å². The van der Waals surface area contributed by atoms with Crippen LogP contribution in [0, 0.1) is 20.8 Å². The highest BCUT2D eigenvalue weighted by Crippen LogP contribution is 2.28. The highest BCUT2D eigenvalue weighted by Gasteiger charge is 2.18. The molecule has 1 aromatic heterocycles. The topological polar surface area (TPSA) is 46.9 Å². The second-order valence-electron chi connectivity index (χ2n) is 7.04. The lowest BCUT2D eigenvalue weighted by Gasteiger charge is -2.16. The third-order valence-electron chi connectivity index (χ3n) is 4.67. The molecule has 1 heterocycles. The zero-order valence-corrected chi connectivity index (χ0v) is 16.0. The molecule has 1 N–H and O–H groups in total. The summed E-state index contributed by atoms with van der Waals surface area (Å²) < 4.78 is 1.81. The highest BCUT2D eigenvalue weighted by atomic mass is 16.1. The monoisotopic (exact) mass is 347 g/mol. The second-order valence-corrected chi connectivity index (χ2v) is 7.04. The van der Waals surface area contributed by atoms with E-state index in [-0.39, 0.29) is 5.91 Å². The Bertz CT molecular complexity index is 954. The summed E-state index contributed by atoms with van der Waals surface area (Å²) in [5, 5.41) is 7.53. The molecule has 0 spiro atoms. The molecule has 0 bridgehead atoms. The number of aryl methyl sites for hydroxylation is 2. The van der Waals surface area contributed by atoms with Crippen LogP contribution in [-0.4, -0.2) is 15.7 Å². The lowest BCUT2D eigenvalue weighted by atomic mass is 9.98. The average molecular weight is 347 g/mol. The number of benzene rings is 2. The summed E-state index contributed by atoms with van der Waals surface area (Å²) >= 11 is 0. The van der Waals surface area contributed by atoms with Crippen molar-refractivity contribution in [1.82, 2.24) is 9.78 Å². The number of hydrogen-bond acceptors (Lipinski definition) is 2. The van der Waals surface area contributed by atoms with Gasteiger partial charge in [-0.05, 0) is 55.5 Å². The maximum absolute atomic E-state index is 12.9. The number of carbonyl (C=O) groups excluding carboxylic acids is 1. The number of anilines is 1. The molecular weight excluding hydrogens is 322 g/mol. The molecule has 26 heavy (non-hydrogen) atoms. The molecule has 1 amide bonds. The normalized spacial score (nSPS) is 11.0. The van der Waals surface area contributed by atoms with Gasteiger partial charge in [0.25, 0.3) is 5.91 Å². The molecule has 0 saturated heterocycles. The van der Waals surface area contributed by atoms with E-state index in [1.807, 2.05) is 55.8 Å². The van der Waals surface area contributed by atoms with E-state index < -0.39 is 0 Å². The Labute approximate surface area is 154 Å². The number of para-hydroxylation sites is 1. The van der Waals surface area contributed by atoms with Gasteiger partial charge >= 0.3 is 0 Å². The fraction of sp³-hybridized carbons (Fsp3) is 0.273. The van der Waals surface area contributed by atoms with Gasteiger partial charge in [-0.25, -0.2) is 4.68 Å². The zero-order valence-electron chi connectivity index (χ0n) is 16.0. The van der Waals surface area contributed by atoms with Gasteiger partial charge in [0.15, 0.2) is 0 Å². The van der Waals surface area contributed by atoms with Crippen molar-refractivity contribution in [2.75, 3.05) is 5.32 Å². The summed E-state index contributed by atoms with van der Waals surface area (Å²) in [4.78, 5) is 12.9. The number of rotatable bonds is 4. The van der Waals surface area contributed by atoms with Gasteiger partial charge in [-0.3, -0.25) is 4.79 Å². The van der Waals surface area contributed by atoms with Crippen molar-refractivity contribution in [2.24, 2.45) is 0 Å². The minimum absolute atomic E-state index is 0.127. The molecule has 4 nitrogen and oxygen atoms in total.